The van der Waals surface area contributed by atoms with E-state index in [1.54, 1.807) is 0 Å². The second-order valence-corrected chi connectivity index (χ2v) is 15.3. The predicted molar refractivity (Wildman–Crippen MR) is 241 cm³/mol. The molecule has 7 aromatic carbocycles. The zero-order valence-electron chi connectivity index (χ0n) is 34.0. The van der Waals surface area contributed by atoms with Gasteiger partial charge in [-0.25, -0.2) is 0 Å². The summed E-state index contributed by atoms with van der Waals surface area (Å²) in [6, 6.07) is 51.2. The zero-order valence-corrected chi connectivity index (χ0v) is 34.0. The largest absolute Gasteiger partial charge is 0.380 e. The second-order valence-electron chi connectivity index (χ2n) is 15.3. The molecular formula is C52H55N4+. The minimum absolute atomic E-state index is 0.569. The number of benzene rings is 7. The van der Waals surface area contributed by atoms with Crippen LogP contribution < -0.4 is 21.3 Å². The smallest absolute Gasteiger partial charge is 0.0638 e. The maximum absolute atomic E-state index is 3.81. The lowest BCUT2D eigenvalue weighted by molar-refractivity contribution is 0.733. The van der Waals surface area contributed by atoms with Gasteiger partial charge in [0.25, 0.3) is 0 Å². The van der Waals surface area contributed by atoms with Crippen molar-refractivity contribution in [2.45, 2.75) is 67.0 Å². The molecule has 4 nitrogen and oxygen atoms in total. The monoisotopic (exact) mass is 735 g/mol. The van der Waals surface area contributed by atoms with Crippen LogP contribution in [-0.2, 0) is 13.1 Å². The van der Waals surface area contributed by atoms with Crippen LogP contribution in [0.25, 0.3) is 10.8 Å². The van der Waals surface area contributed by atoms with Crippen LogP contribution in [0.15, 0.2) is 140 Å². The van der Waals surface area contributed by atoms with Crippen molar-refractivity contribution in [3.05, 3.63) is 201 Å². The topological polar surface area (TPSA) is 48.1 Å². The highest BCUT2D eigenvalue weighted by molar-refractivity contribution is 5.99. The molecule has 0 bridgehead atoms. The van der Waals surface area contributed by atoms with E-state index in [0.717, 1.165) is 59.1 Å². The molecule has 0 fully saturated rings. The van der Waals surface area contributed by atoms with Crippen molar-refractivity contribution < 1.29 is 0 Å². The molecule has 4 N–H and O–H groups in total. The molecule has 282 valence electrons. The van der Waals surface area contributed by atoms with E-state index < -0.39 is 0 Å². The van der Waals surface area contributed by atoms with Crippen LogP contribution in [0, 0.1) is 33.6 Å². The summed E-state index contributed by atoms with van der Waals surface area (Å²) in [7, 11) is 2.01. The SMILES string of the molecule is CCC(C)c1ccc(CNc2ccc([C+](c3ccc(Nc4c(C)cccc4C)cc3)c3ccc(Nc4c(C)cccc4C)cc3)c3ccc(CNC)cc23)cc1. The third kappa shape index (κ3) is 8.46. The number of nitrogens with one attached hydrogen (secondary N) is 4. The van der Waals surface area contributed by atoms with Crippen LogP contribution in [0.4, 0.5) is 28.4 Å². The van der Waals surface area contributed by atoms with Crippen LogP contribution in [0.2, 0.25) is 0 Å². The van der Waals surface area contributed by atoms with Crippen molar-refractivity contribution in [1.29, 1.82) is 0 Å². The average molecular weight is 736 g/mol. The second kappa shape index (κ2) is 17.2. The van der Waals surface area contributed by atoms with E-state index >= 15 is 0 Å². The summed E-state index contributed by atoms with van der Waals surface area (Å²) in [6.07, 6.45) is 1.14. The molecule has 56 heavy (non-hydrogen) atoms. The molecule has 0 saturated heterocycles. The summed E-state index contributed by atoms with van der Waals surface area (Å²) >= 11 is 0. The maximum atomic E-state index is 3.81. The Bertz CT molecular complexity index is 2270. The fraction of sp³-hybridized carbons (Fsp3) is 0.212. The summed E-state index contributed by atoms with van der Waals surface area (Å²) in [5, 5.41) is 17.0. The Kier molecular flexibility index (Phi) is 11.8. The minimum atomic E-state index is 0.569. The van der Waals surface area contributed by atoms with Gasteiger partial charge in [-0.1, -0.05) is 80.6 Å². The van der Waals surface area contributed by atoms with Crippen LogP contribution >= 0.6 is 0 Å². The zero-order chi connectivity index (χ0) is 39.2. The number of hydrogen-bond acceptors (Lipinski definition) is 4. The van der Waals surface area contributed by atoms with Gasteiger partial charge in [-0.05, 0) is 159 Å². The highest BCUT2D eigenvalue weighted by atomic mass is 14.9. The molecule has 0 radical (unpaired) electrons. The molecule has 7 rings (SSSR count). The van der Waals surface area contributed by atoms with Crippen molar-refractivity contribution in [3.63, 3.8) is 0 Å². The molecule has 0 aromatic heterocycles. The molecule has 0 aliphatic carbocycles. The fourth-order valence-corrected chi connectivity index (χ4v) is 7.71. The molecule has 0 amide bonds. The molecule has 0 aliphatic rings. The van der Waals surface area contributed by atoms with E-state index in [1.165, 1.54) is 61.2 Å². The van der Waals surface area contributed by atoms with Crippen molar-refractivity contribution in [1.82, 2.24) is 5.32 Å². The standard InChI is InChI=1S/C52H55N4/c1-8-34(2)41-18-15-39(16-19-41)33-54-49-30-29-47(46-28-17-40(32-53-7)31-48(46)49)50(42-20-24-44(25-21-42)55-51-35(3)11-9-12-36(51)4)43-22-26-45(27-23-43)56-52-37(5)13-10-14-38(52)6/h9-31,34,53-56H,8,32-33H2,1-7H3/q+1. The van der Waals surface area contributed by atoms with Gasteiger partial charge in [0.05, 0.1) is 28.3 Å². The molecular weight excluding hydrogens is 681 g/mol. The van der Waals surface area contributed by atoms with Crippen LogP contribution in [0.1, 0.15) is 81.8 Å². The third-order valence-corrected chi connectivity index (χ3v) is 11.2. The Morgan fingerprint density at radius 1 is 0.536 bits per heavy atom. The number of para-hydroxylation sites is 2. The Morgan fingerprint density at radius 3 is 1.55 bits per heavy atom. The quantitative estimate of drug-likeness (QED) is 0.0663. The van der Waals surface area contributed by atoms with Crippen molar-refractivity contribution >= 4 is 39.2 Å². The van der Waals surface area contributed by atoms with E-state index in [0.29, 0.717) is 5.92 Å². The van der Waals surface area contributed by atoms with E-state index in [4.69, 9.17) is 0 Å². The van der Waals surface area contributed by atoms with Crippen molar-refractivity contribution in [3.8, 4) is 0 Å². The number of anilines is 5. The van der Waals surface area contributed by atoms with Crippen molar-refractivity contribution in [2.75, 3.05) is 23.0 Å². The summed E-state index contributed by atoms with van der Waals surface area (Å²) in [4.78, 5) is 0. The normalized spacial score (nSPS) is 11.7. The van der Waals surface area contributed by atoms with Gasteiger partial charge in [0.1, 0.15) is 0 Å². The summed E-state index contributed by atoms with van der Waals surface area (Å²) in [6.45, 7) is 14.7. The van der Waals surface area contributed by atoms with E-state index in [2.05, 4.69) is 202 Å². The molecule has 1 atom stereocenters. The first-order valence-corrected chi connectivity index (χ1v) is 20.0. The molecule has 0 heterocycles. The lowest BCUT2D eigenvalue weighted by Crippen LogP contribution is -2.09. The van der Waals surface area contributed by atoms with Gasteiger partial charge in [0.2, 0.25) is 0 Å². The Hall–Kier alpha value is -5.97. The highest BCUT2D eigenvalue weighted by Crippen LogP contribution is 2.40. The Labute approximate surface area is 334 Å². The van der Waals surface area contributed by atoms with Gasteiger partial charge in [-0.15, -0.1) is 0 Å². The molecule has 4 heteroatoms. The van der Waals surface area contributed by atoms with Gasteiger partial charge in [-0.3, -0.25) is 0 Å². The first kappa shape index (κ1) is 38.3. The van der Waals surface area contributed by atoms with Gasteiger partial charge in [0, 0.05) is 46.6 Å². The predicted octanol–water partition coefficient (Wildman–Crippen LogP) is 13.4. The Balaban J connectivity index is 1.28. The Morgan fingerprint density at radius 2 is 1.05 bits per heavy atom. The minimum Gasteiger partial charge on any atom is -0.380 e. The summed E-state index contributed by atoms with van der Waals surface area (Å²) in [5.74, 6) is 1.76. The molecule has 7 aromatic rings. The number of rotatable bonds is 14. The first-order chi connectivity index (χ1) is 27.2. The molecule has 1 unspecified atom stereocenters. The van der Waals surface area contributed by atoms with E-state index in [9.17, 15) is 0 Å². The van der Waals surface area contributed by atoms with E-state index in [1.807, 2.05) is 7.05 Å². The van der Waals surface area contributed by atoms with Crippen LogP contribution in [0.5, 0.6) is 0 Å². The van der Waals surface area contributed by atoms with Crippen molar-refractivity contribution in [2.24, 2.45) is 0 Å². The molecule has 0 saturated carbocycles. The third-order valence-electron chi connectivity index (χ3n) is 11.2. The summed E-state index contributed by atoms with van der Waals surface area (Å²) < 4.78 is 0. The number of fused-ring (bicyclic) bond motifs is 1. The van der Waals surface area contributed by atoms with Gasteiger partial charge < -0.3 is 21.3 Å². The lowest BCUT2D eigenvalue weighted by atomic mass is 9.82. The average Bonchev–Trinajstić information content (AvgIpc) is 3.21. The highest BCUT2D eigenvalue weighted by Gasteiger charge is 2.26. The fourth-order valence-electron chi connectivity index (χ4n) is 7.71. The van der Waals surface area contributed by atoms with Gasteiger partial charge in [-0.2, -0.15) is 0 Å². The van der Waals surface area contributed by atoms with Crippen LogP contribution in [-0.4, -0.2) is 7.05 Å². The van der Waals surface area contributed by atoms with Gasteiger partial charge in [0.15, 0.2) is 0 Å². The first-order valence-electron chi connectivity index (χ1n) is 20.0. The lowest BCUT2D eigenvalue weighted by Gasteiger charge is -2.19. The number of aryl methyl sites for hydroxylation is 4. The molecule has 0 spiro atoms. The van der Waals surface area contributed by atoms with Gasteiger partial charge >= 0.3 is 0 Å². The molecule has 0 aliphatic heterocycles. The van der Waals surface area contributed by atoms with E-state index in [-0.39, 0.29) is 0 Å². The summed E-state index contributed by atoms with van der Waals surface area (Å²) in [5.41, 5.74) is 18.0. The maximum Gasteiger partial charge on any atom is 0.0638 e. The van der Waals surface area contributed by atoms with Crippen LogP contribution in [0.3, 0.4) is 0 Å². The number of hydrogen-bond donors (Lipinski definition) is 4.